The predicted molar refractivity (Wildman–Crippen MR) is 129 cm³/mol. The van der Waals surface area contributed by atoms with Gasteiger partial charge in [-0.3, -0.25) is 4.79 Å². The number of carboxylic acids is 1. The molecule has 1 atom stereocenters. The van der Waals surface area contributed by atoms with Gasteiger partial charge in [0.1, 0.15) is 24.9 Å². The Morgan fingerprint density at radius 1 is 1.09 bits per heavy atom. The number of ether oxygens (including phenoxy) is 2. The highest BCUT2D eigenvalue weighted by molar-refractivity contribution is 5.87. The molecular formula is C26H31N3O6. The highest BCUT2D eigenvalue weighted by Gasteiger charge is 2.45. The van der Waals surface area contributed by atoms with Crippen LogP contribution in [0.25, 0.3) is 11.1 Å². The number of likely N-dealkylation sites (N-methyl/N-ethyl adjacent to an activating group) is 1. The fraction of sp³-hybridized carbons (Fsp3) is 0.423. The first kappa shape index (κ1) is 24.7. The molecule has 1 aliphatic carbocycles. The number of carbonyl (C=O) groups excluding carboxylic acids is 2. The number of carboxylic acid groups (broad SMARTS) is 1. The van der Waals surface area contributed by atoms with Crippen molar-refractivity contribution in [3.05, 3.63) is 59.7 Å². The Kier molecular flexibility index (Phi) is 7.09. The van der Waals surface area contributed by atoms with Crippen LogP contribution in [0.4, 0.5) is 4.79 Å². The van der Waals surface area contributed by atoms with Gasteiger partial charge in [0.15, 0.2) is 0 Å². The minimum atomic E-state index is -1.06. The van der Waals surface area contributed by atoms with E-state index in [0.29, 0.717) is 6.54 Å². The maximum atomic E-state index is 13.1. The Hall–Kier alpha value is -3.43. The molecule has 9 heteroatoms. The van der Waals surface area contributed by atoms with Crippen molar-refractivity contribution in [2.45, 2.75) is 24.5 Å². The van der Waals surface area contributed by atoms with Crippen molar-refractivity contribution in [1.82, 2.24) is 15.1 Å². The third-order valence-electron chi connectivity index (χ3n) is 6.39. The molecule has 186 valence electrons. The minimum Gasteiger partial charge on any atom is -0.480 e. The van der Waals surface area contributed by atoms with Gasteiger partial charge < -0.3 is 29.7 Å². The largest absolute Gasteiger partial charge is 0.480 e. The fourth-order valence-electron chi connectivity index (χ4n) is 4.80. The summed E-state index contributed by atoms with van der Waals surface area (Å²) in [5, 5.41) is 11.5. The van der Waals surface area contributed by atoms with E-state index in [2.05, 4.69) is 17.4 Å². The maximum absolute atomic E-state index is 13.1. The Bertz CT molecular complexity index is 1070. The minimum absolute atomic E-state index is 0.0707. The summed E-state index contributed by atoms with van der Waals surface area (Å²) in [4.78, 5) is 39.9. The third kappa shape index (κ3) is 5.47. The van der Waals surface area contributed by atoms with Crippen molar-refractivity contribution in [1.29, 1.82) is 0 Å². The topological polar surface area (TPSA) is 108 Å². The predicted octanol–water partition coefficient (Wildman–Crippen LogP) is 2.16. The molecule has 0 bridgehead atoms. The van der Waals surface area contributed by atoms with Crippen LogP contribution in [0.15, 0.2) is 48.5 Å². The zero-order chi connectivity index (χ0) is 25.2. The lowest BCUT2D eigenvalue weighted by Gasteiger charge is -2.48. The average Bonchev–Trinajstić information content (AvgIpc) is 3.12. The molecule has 2 amide bonds. The fourth-order valence-corrected chi connectivity index (χ4v) is 4.80. The lowest BCUT2D eigenvalue weighted by atomic mass is 9.95. The van der Waals surface area contributed by atoms with Crippen LogP contribution >= 0.6 is 0 Å². The molecule has 0 saturated carbocycles. The number of fused-ring (bicyclic) bond motifs is 3. The van der Waals surface area contributed by atoms with E-state index in [1.165, 1.54) is 0 Å². The number of hydrogen-bond donors (Lipinski definition) is 2. The van der Waals surface area contributed by atoms with E-state index in [0.717, 1.165) is 22.3 Å². The number of nitrogens with zero attached hydrogens (tertiary/aromatic N) is 2. The quantitative estimate of drug-likeness (QED) is 0.565. The van der Waals surface area contributed by atoms with E-state index in [1.807, 2.05) is 55.4 Å². The molecule has 2 aromatic carbocycles. The van der Waals surface area contributed by atoms with Gasteiger partial charge in [-0.15, -0.1) is 0 Å². The van der Waals surface area contributed by atoms with Crippen LogP contribution in [-0.2, 0) is 19.1 Å². The van der Waals surface area contributed by atoms with Gasteiger partial charge in [-0.25, -0.2) is 9.59 Å². The van der Waals surface area contributed by atoms with Gasteiger partial charge in [-0.2, -0.15) is 0 Å². The lowest BCUT2D eigenvalue weighted by Crippen LogP contribution is -2.67. The van der Waals surface area contributed by atoms with Crippen LogP contribution < -0.4 is 5.32 Å². The van der Waals surface area contributed by atoms with Gasteiger partial charge in [-0.1, -0.05) is 48.5 Å². The lowest BCUT2D eigenvalue weighted by molar-refractivity contribution is -0.174. The molecule has 2 aliphatic rings. The standard InChI is InChI=1S/C26H31N3O6/c1-26(35-14-23(30)31)15-29(16-26)24(32)22(12-28(2)3)27-25(33)34-13-21-19-10-6-4-8-17(19)18-9-5-7-11-20(18)21/h4-11,21-22H,12-16H2,1-3H3,(H,27,33)(H,30,31). The zero-order valence-electron chi connectivity index (χ0n) is 20.2. The van der Waals surface area contributed by atoms with Gasteiger partial charge >= 0.3 is 12.1 Å². The summed E-state index contributed by atoms with van der Waals surface area (Å²) in [6, 6.07) is 15.4. The molecule has 1 fully saturated rings. The van der Waals surface area contributed by atoms with E-state index in [4.69, 9.17) is 14.6 Å². The second kappa shape index (κ2) is 10.1. The number of rotatable bonds is 9. The molecule has 0 aromatic heterocycles. The summed E-state index contributed by atoms with van der Waals surface area (Å²) in [5.74, 6) is -1.39. The van der Waals surface area contributed by atoms with E-state index >= 15 is 0 Å². The van der Waals surface area contributed by atoms with Crippen LogP contribution in [0.2, 0.25) is 0 Å². The summed E-state index contributed by atoms with van der Waals surface area (Å²) in [6.45, 7) is 2.32. The molecule has 0 radical (unpaired) electrons. The number of nitrogens with one attached hydrogen (secondary N) is 1. The number of hydrogen-bond acceptors (Lipinski definition) is 6. The number of carbonyl (C=O) groups is 3. The highest BCUT2D eigenvalue weighted by Crippen LogP contribution is 2.44. The Morgan fingerprint density at radius 3 is 2.20 bits per heavy atom. The average molecular weight is 482 g/mol. The summed E-state index contributed by atoms with van der Waals surface area (Å²) in [7, 11) is 3.63. The second-order valence-electron chi connectivity index (χ2n) is 9.61. The van der Waals surface area contributed by atoms with Crippen LogP contribution in [0.1, 0.15) is 24.0 Å². The number of aliphatic carboxylic acids is 1. The van der Waals surface area contributed by atoms with Gasteiger partial charge in [0.25, 0.3) is 0 Å². The Morgan fingerprint density at radius 2 is 1.66 bits per heavy atom. The van der Waals surface area contributed by atoms with Crippen LogP contribution in [-0.4, -0.2) is 91.5 Å². The Labute approximate surface area is 204 Å². The first-order valence-corrected chi connectivity index (χ1v) is 11.6. The third-order valence-corrected chi connectivity index (χ3v) is 6.39. The number of alkyl carbamates (subject to hydrolysis) is 1. The van der Waals surface area contributed by atoms with Crippen molar-refractivity contribution >= 4 is 18.0 Å². The van der Waals surface area contributed by atoms with Gasteiger partial charge in [-0.05, 0) is 43.3 Å². The number of amides is 2. The van der Waals surface area contributed by atoms with Crippen LogP contribution in [0, 0.1) is 0 Å². The molecule has 1 aliphatic heterocycles. The molecule has 9 nitrogen and oxygen atoms in total. The SMILES string of the molecule is CN(C)CC(NC(=O)OCC1c2ccccc2-c2ccccc21)C(=O)N1CC(C)(OCC(=O)O)C1. The number of likely N-dealkylation sites (tertiary alicyclic amines) is 1. The summed E-state index contributed by atoms with van der Waals surface area (Å²) in [6.07, 6.45) is -0.655. The molecule has 1 heterocycles. The number of benzene rings is 2. The molecule has 4 rings (SSSR count). The first-order valence-electron chi connectivity index (χ1n) is 11.6. The molecule has 2 aromatic rings. The molecule has 35 heavy (non-hydrogen) atoms. The van der Waals surface area contributed by atoms with Crippen molar-refractivity contribution in [3.63, 3.8) is 0 Å². The highest BCUT2D eigenvalue weighted by atomic mass is 16.5. The van der Waals surface area contributed by atoms with E-state index < -0.39 is 30.3 Å². The van der Waals surface area contributed by atoms with E-state index in [9.17, 15) is 14.4 Å². The van der Waals surface area contributed by atoms with Gasteiger partial charge in [0.05, 0.1) is 13.1 Å². The molecular weight excluding hydrogens is 450 g/mol. The molecule has 2 N–H and O–H groups in total. The smallest absolute Gasteiger partial charge is 0.407 e. The first-order chi connectivity index (χ1) is 16.7. The summed E-state index contributed by atoms with van der Waals surface area (Å²) >= 11 is 0. The Balaban J connectivity index is 1.37. The van der Waals surface area contributed by atoms with Gasteiger partial charge in [0.2, 0.25) is 5.91 Å². The molecule has 1 saturated heterocycles. The van der Waals surface area contributed by atoms with Crippen molar-refractivity contribution in [2.75, 3.05) is 46.9 Å². The molecule has 0 spiro atoms. The van der Waals surface area contributed by atoms with Crippen LogP contribution in [0.3, 0.4) is 0 Å². The normalized spacial score (nSPS) is 16.7. The van der Waals surface area contributed by atoms with Gasteiger partial charge in [0, 0.05) is 12.5 Å². The van der Waals surface area contributed by atoms with Crippen molar-refractivity contribution in [2.24, 2.45) is 0 Å². The summed E-state index contributed by atoms with van der Waals surface area (Å²) in [5.41, 5.74) is 3.81. The van der Waals surface area contributed by atoms with E-state index in [1.54, 1.807) is 11.8 Å². The van der Waals surface area contributed by atoms with Crippen molar-refractivity contribution in [3.8, 4) is 11.1 Å². The summed E-state index contributed by atoms with van der Waals surface area (Å²) < 4.78 is 11.0. The molecule has 1 unspecified atom stereocenters. The zero-order valence-corrected chi connectivity index (χ0v) is 20.2. The van der Waals surface area contributed by atoms with Crippen LogP contribution in [0.5, 0.6) is 0 Å². The monoisotopic (exact) mass is 481 g/mol. The van der Waals surface area contributed by atoms with E-state index in [-0.39, 0.29) is 31.5 Å². The maximum Gasteiger partial charge on any atom is 0.407 e. The second-order valence-corrected chi connectivity index (χ2v) is 9.61. The van der Waals surface area contributed by atoms with Crippen molar-refractivity contribution < 1.29 is 29.0 Å².